The zero-order valence-corrected chi connectivity index (χ0v) is 14.5. The van der Waals surface area contributed by atoms with Gasteiger partial charge < -0.3 is 4.90 Å². The van der Waals surface area contributed by atoms with Gasteiger partial charge in [-0.2, -0.15) is 0 Å². The monoisotopic (exact) mass is 408 g/mol. The Balaban J connectivity index is 1.87. The Morgan fingerprint density at radius 2 is 1.95 bits per heavy atom. The number of halogens is 2. The van der Waals surface area contributed by atoms with Crippen molar-refractivity contribution in [2.45, 2.75) is 25.4 Å². The number of rotatable bonds is 4. The molecule has 0 unspecified atom stereocenters. The molecule has 0 saturated heterocycles. The number of benzene rings is 1. The molecule has 1 aliphatic carbocycles. The molecule has 1 fully saturated rings. The van der Waals surface area contributed by atoms with Gasteiger partial charge in [0.15, 0.2) is 0 Å². The SMILES string of the molecule is O=C(c1cccnc1Br)N(Cc1ccccc1Br)C1CC1. The smallest absolute Gasteiger partial charge is 0.257 e. The van der Waals surface area contributed by atoms with E-state index in [9.17, 15) is 4.79 Å². The van der Waals surface area contributed by atoms with Crippen LogP contribution in [0.5, 0.6) is 0 Å². The summed E-state index contributed by atoms with van der Waals surface area (Å²) in [5.41, 5.74) is 1.74. The maximum absolute atomic E-state index is 12.8. The second kappa shape index (κ2) is 6.28. The third-order valence-corrected chi connectivity index (χ3v) is 4.94. The molecular formula is C16H14Br2N2O. The molecule has 108 valence electrons. The second-order valence-corrected chi connectivity index (χ2v) is 6.70. The van der Waals surface area contributed by atoms with E-state index >= 15 is 0 Å². The van der Waals surface area contributed by atoms with Gasteiger partial charge >= 0.3 is 0 Å². The van der Waals surface area contributed by atoms with E-state index in [1.807, 2.05) is 35.2 Å². The van der Waals surface area contributed by atoms with Gasteiger partial charge in [0.2, 0.25) is 0 Å². The van der Waals surface area contributed by atoms with E-state index in [-0.39, 0.29) is 5.91 Å². The minimum Gasteiger partial charge on any atom is -0.331 e. The van der Waals surface area contributed by atoms with Crippen LogP contribution in [0.4, 0.5) is 0 Å². The average Bonchev–Trinajstić information content (AvgIpc) is 3.31. The number of pyridine rings is 1. The van der Waals surface area contributed by atoms with Crippen molar-refractivity contribution < 1.29 is 4.79 Å². The van der Waals surface area contributed by atoms with E-state index in [1.165, 1.54) is 0 Å². The fourth-order valence-corrected chi connectivity index (χ4v) is 3.09. The molecule has 2 aromatic rings. The largest absolute Gasteiger partial charge is 0.331 e. The molecule has 0 atom stereocenters. The summed E-state index contributed by atoms with van der Waals surface area (Å²) in [5, 5.41) is 0. The highest BCUT2D eigenvalue weighted by Crippen LogP contribution is 2.32. The molecule has 3 rings (SSSR count). The third-order valence-electron chi connectivity index (χ3n) is 3.54. The second-order valence-electron chi connectivity index (χ2n) is 5.10. The van der Waals surface area contributed by atoms with Crippen molar-refractivity contribution in [3.05, 3.63) is 62.8 Å². The van der Waals surface area contributed by atoms with Gasteiger partial charge in [-0.05, 0) is 52.5 Å². The highest BCUT2D eigenvalue weighted by molar-refractivity contribution is 9.10. The van der Waals surface area contributed by atoms with E-state index in [1.54, 1.807) is 12.3 Å². The molecule has 5 heteroatoms. The van der Waals surface area contributed by atoms with Crippen LogP contribution >= 0.6 is 31.9 Å². The number of amides is 1. The van der Waals surface area contributed by atoms with Crippen molar-refractivity contribution in [2.75, 3.05) is 0 Å². The van der Waals surface area contributed by atoms with E-state index < -0.39 is 0 Å². The number of nitrogens with zero attached hydrogens (tertiary/aromatic N) is 2. The first-order chi connectivity index (χ1) is 10.2. The van der Waals surface area contributed by atoms with Crippen molar-refractivity contribution in [2.24, 2.45) is 0 Å². The van der Waals surface area contributed by atoms with Gasteiger partial charge in [-0.3, -0.25) is 4.79 Å². The van der Waals surface area contributed by atoms with Crippen LogP contribution in [0.2, 0.25) is 0 Å². The minimum absolute atomic E-state index is 0.0354. The molecule has 3 nitrogen and oxygen atoms in total. The lowest BCUT2D eigenvalue weighted by molar-refractivity contribution is 0.0728. The summed E-state index contributed by atoms with van der Waals surface area (Å²) < 4.78 is 1.64. The van der Waals surface area contributed by atoms with Crippen LogP contribution in [0.3, 0.4) is 0 Å². The zero-order chi connectivity index (χ0) is 14.8. The van der Waals surface area contributed by atoms with Crippen molar-refractivity contribution in [3.8, 4) is 0 Å². The van der Waals surface area contributed by atoms with Gasteiger partial charge in [0.1, 0.15) is 4.60 Å². The number of carbonyl (C=O) groups excluding carboxylic acids is 1. The molecule has 1 saturated carbocycles. The molecular weight excluding hydrogens is 396 g/mol. The van der Waals surface area contributed by atoms with Crippen LogP contribution in [0.15, 0.2) is 51.7 Å². The zero-order valence-electron chi connectivity index (χ0n) is 11.3. The summed E-state index contributed by atoms with van der Waals surface area (Å²) in [6.45, 7) is 0.617. The van der Waals surface area contributed by atoms with Crippen LogP contribution in [0.25, 0.3) is 0 Å². The van der Waals surface area contributed by atoms with Crippen LogP contribution in [-0.2, 0) is 6.54 Å². The summed E-state index contributed by atoms with van der Waals surface area (Å²) in [6.07, 6.45) is 3.83. The summed E-state index contributed by atoms with van der Waals surface area (Å²) >= 11 is 6.92. The molecule has 0 spiro atoms. The Morgan fingerprint density at radius 1 is 1.19 bits per heavy atom. The quantitative estimate of drug-likeness (QED) is 0.700. The normalized spacial score (nSPS) is 14.0. The lowest BCUT2D eigenvalue weighted by Gasteiger charge is -2.23. The van der Waals surface area contributed by atoms with Crippen LogP contribution < -0.4 is 0 Å². The molecule has 1 aromatic carbocycles. The van der Waals surface area contributed by atoms with E-state index in [0.717, 1.165) is 22.9 Å². The standard InChI is InChI=1S/C16H14Br2N2O/c17-14-6-2-1-4-11(14)10-20(12-7-8-12)16(21)13-5-3-9-19-15(13)18/h1-6,9,12H,7-8,10H2. The molecule has 0 aliphatic heterocycles. The van der Waals surface area contributed by atoms with Gasteiger partial charge in [0, 0.05) is 23.3 Å². The molecule has 1 aliphatic rings. The number of carbonyl (C=O) groups is 1. The van der Waals surface area contributed by atoms with Crippen molar-refractivity contribution in [1.82, 2.24) is 9.88 Å². The molecule has 1 aromatic heterocycles. The van der Waals surface area contributed by atoms with Gasteiger partial charge in [-0.25, -0.2) is 4.98 Å². The Morgan fingerprint density at radius 3 is 2.62 bits per heavy atom. The Kier molecular flexibility index (Phi) is 4.40. The highest BCUT2D eigenvalue weighted by atomic mass is 79.9. The Hall–Kier alpha value is -1.20. The van der Waals surface area contributed by atoms with E-state index in [4.69, 9.17) is 0 Å². The summed E-state index contributed by atoms with van der Waals surface area (Å²) in [5.74, 6) is 0.0354. The summed E-state index contributed by atoms with van der Waals surface area (Å²) in [6, 6.07) is 12.0. The lowest BCUT2D eigenvalue weighted by Crippen LogP contribution is -2.33. The molecule has 1 amide bonds. The van der Waals surface area contributed by atoms with Crippen LogP contribution in [0.1, 0.15) is 28.8 Å². The van der Waals surface area contributed by atoms with E-state index in [0.29, 0.717) is 22.8 Å². The lowest BCUT2D eigenvalue weighted by atomic mass is 10.2. The third kappa shape index (κ3) is 3.35. The molecule has 1 heterocycles. The summed E-state index contributed by atoms with van der Waals surface area (Å²) in [4.78, 5) is 18.9. The Labute approximate surface area is 140 Å². The first-order valence-corrected chi connectivity index (χ1v) is 8.40. The molecule has 21 heavy (non-hydrogen) atoms. The minimum atomic E-state index is 0.0354. The molecule has 0 bridgehead atoms. The fourth-order valence-electron chi connectivity index (χ4n) is 2.26. The van der Waals surface area contributed by atoms with Gasteiger partial charge in [0.05, 0.1) is 5.56 Å². The number of hydrogen-bond donors (Lipinski definition) is 0. The van der Waals surface area contributed by atoms with Gasteiger partial charge in [-0.1, -0.05) is 34.1 Å². The maximum atomic E-state index is 12.8. The molecule has 0 N–H and O–H groups in total. The van der Waals surface area contributed by atoms with Crippen molar-refractivity contribution in [1.29, 1.82) is 0 Å². The first kappa shape index (κ1) is 14.7. The maximum Gasteiger partial charge on any atom is 0.257 e. The Bertz CT molecular complexity index is 671. The van der Waals surface area contributed by atoms with Gasteiger partial charge in [-0.15, -0.1) is 0 Å². The number of aromatic nitrogens is 1. The molecule has 0 radical (unpaired) electrons. The van der Waals surface area contributed by atoms with Crippen molar-refractivity contribution >= 4 is 37.8 Å². The predicted molar refractivity (Wildman–Crippen MR) is 89.0 cm³/mol. The van der Waals surface area contributed by atoms with Gasteiger partial charge in [0.25, 0.3) is 5.91 Å². The van der Waals surface area contributed by atoms with Crippen LogP contribution in [-0.4, -0.2) is 21.8 Å². The highest BCUT2D eigenvalue weighted by Gasteiger charge is 2.34. The fraction of sp³-hybridized carbons (Fsp3) is 0.250. The van der Waals surface area contributed by atoms with E-state index in [2.05, 4.69) is 36.8 Å². The summed E-state index contributed by atoms with van der Waals surface area (Å²) in [7, 11) is 0. The topological polar surface area (TPSA) is 33.2 Å². The first-order valence-electron chi connectivity index (χ1n) is 6.81. The van der Waals surface area contributed by atoms with Crippen LogP contribution in [0, 0.1) is 0 Å². The number of hydrogen-bond acceptors (Lipinski definition) is 2. The average molecular weight is 410 g/mol. The predicted octanol–water partition coefficient (Wildman–Crippen LogP) is 4.41. The van der Waals surface area contributed by atoms with Crippen molar-refractivity contribution in [3.63, 3.8) is 0 Å².